The Morgan fingerprint density at radius 3 is 2.23 bits per heavy atom. The maximum absolute atomic E-state index is 12.1. The van der Waals surface area contributed by atoms with Gasteiger partial charge in [-0.05, 0) is 76.0 Å². The van der Waals surface area contributed by atoms with Crippen LogP contribution in [0, 0.1) is 5.92 Å². The summed E-state index contributed by atoms with van der Waals surface area (Å²) in [4.78, 5) is 35.1. The SMILES string of the molecule is COC(=O)CC1CCC(c2ccc(NC(=O)CCNC(=O)OC(C)(C)C)cc2)CC1. The third kappa shape index (κ3) is 8.43. The molecule has 2 rings (SSSR count). The smallest absolute Gasteiger partial charge is 0.407 e. The van der Waals surface area contributed by atoms with E-state index in [0.717, 1.165) is 31.4 Å². The predicted octanol–water partition coefficient (Wildman–Crippen LogP) is 4.38. The van der Waals surface area contributed by atoms with Gasteiger partial charge in [-0.15, -0.1) is 0 Å². The average molecular weight is 419 g/mol. The lowest BCUT2D eigenvalue weighted by Gasteiger charge is -2.28. The van der Waals surface area contributed by atoms with E-state index in [1.54, 1.807) is 20.8 Å². The summed E-state index contributed by atoms with van der Waals surface area (Å²) in [5.74, 6) is 0.616. The van der Waals surface area contributed by atoms with Gasteiger partial charge in [0, 0.05) is 25.1 Å². The van der Waals surface area contributed by atoms with Gasteiger partial charge in [0.25, 0.3) is 0 Å². The molecular weight excluding hydrogens is 384 g/mol. The number of carbonyl (C=O) groups is 3. The molecule has 0 aromatic heterocycles. The van der Waals surface area contributed by atoms with Crippen LogP contribution in [0.2, 0.25) is 0 Å². The lowest BCUT2D eigenvalue weighted by atomic mass is 9.77. The van der Waals surface area contributed by atoms with E-state index in [9.17, 15) is 14.4 Å². The molecule has 30 heavy (non-hydrogen) atoms. The molecule has 0 aliphatic heterocycles. The molecule has 0 spiro atoms. The molecule has 7 nitrogen and oxygen atoms in total. The summed E-state index contributed by atoms with van der Waals surface area (Å²) in [7, 11) is 1.44. The molecule has 0 saturated heterocycles. The quantitative estimate of drug-likeness (QED) is 0.641. The predicted molar refractivity (Wildman–Crippen MR) is 115 cm³/mol. The Balaban J connectivity index is 1.72. The second kappa shape index (κ2) is 11.0. The molecule has 0 heterocycles. The van der Waals surface area contributed by atoms with E-state index in [1.165, 1.54) is 12.7 Å². The molecule has 1 aliphatic carbocycles. The van der Waals surface area contributed by atoms with Crippen molar-refractivity contribution < 1.29 is 23.9 Å². The Bertz CT molecular complexity index is 716. The summed E-state index contributed by atoms with van der Waals surface area (Å²) in [6.07, 6.45) is 4.34. The lowest BCUT2D eigenvalue weighted by Crippen LogP contribution is -2.34. The molecule has 7 heteroatoms. The van der Waals surface area contributed by atoms with Gasteiger partial charge in [-0.3, -0.25) is 9.59 Å². The first-order chi connectivity index (χ1) is 14.2. The zero-order valence-corrected chi connectivity index (χ0v) is 18.5. The number of hydrogen-bond donors (Lipinski definition) is 2. The van der Waals surface area contributed by atoms with E-state index in [-0.39, 0.29) is 24.8 Å². The summed E-state index contributed by atoms with van der Waals surface area (Å²) in [6, 6.07) is 7.93. The van der Waals surface area contributed by atoms with Crippen molar-refractivity contribution >= 4 is 23.7 Å². The van der Waals surface area contributed by atoms with Crippen LogP contribution in [0.5, 0.6) is 0 Å². The summed E-state index contributed by atoms with van der Waals surface area (Å²) in [5, 5.41) is 5.42. The molecular formula is C23H34N2O5. The first kappa shape index (κ1) is 23.7. The molecule has 1 aliphatic rings. The summed E-state index contributed by atoms with van der Waals surface area (Å²) in [6.45, 7) is 5.58. The van der Waals surface area contributed by atoms with Crippen molar-refractivity contribution in [3.8, 4) is 0 Å². The van der Waals surface area contributed by atoms with Crippen molar-refractivity contribution in [2.75, 3.05) is 19.0 Å². The Kier molecular flexibility index (Phi) is 8.69. The van der Waals surface area contributed by atoms with Gasteiger partial charge in [-0.25, -0.2) is 4.79 Å². The van der Waals surface area contributed by atoms with Gasteiger partial charge < -0.3 is 20.1 Å². The topological polar surface area (TPSA) is 93.7 Å². The van der Waals surface area contributed by atoms with E-state index in [4.69, 9.17) is 9.47 Å². The second-order valence-corrected chi connectivity index (χ2v) is 8.85. The van der Waals surface area contributed by atoms with Gasteiger partial charge in [0.05, 0.1) is 7.11 Å². The molecule has 0 unspecified atom stereocenters. The fourth-order valence-corrected chi connectivity index (χ4v) is 3.67. The van der Waals surface area contributed by atoms with Crippen molar-refractivity contribution in [2.24, 2.45) is 5.92 Å². The van der Waals surface area contributed by atoms with Gasteiger partial charge in [0.1, 0.15) is 5.60 Å². The Hall–Kier alpha value is -2.57. The Morgan fingerprint density at radius 2 is 1.67 bits per heavy atom. The molecule has 1 saturated carbocycles. The summed E-state index contributed by atoms with van der Waals surface area (Å²) in [5.41, 5.74) is 1.44. The first-order valence-corrected chi connectivity index (χ1v) is 10.6. The molecule has 1 aromatic rings. The molecule has 0 atom stereocenters. The van der Waals surface area contributed by atoms with Gasteiger partial charge in [-0.1, -0.05) is 12.1 Å². The van der Waals surface area contributed by atoms with Crippen molar-refractivity contribution in [1.29, 1.82) is 0 Å². The van der Waals surface area contributed by atoms with Crippen LogP contribution in [-0.2, 0) is 19.1 Å². The number of anilines is 1. The fraction of sp³-hybridized carbons (Fsp3) is 0.609. The molecule has 166 valence electrons. The number of methoxy groups -OCH3 is 1. The average Bonchev–Trinajstić information content (AvgIpc) is 2.67. The number of ether oxygens (including phenoxy) is 2. The summed E-state index contributed by atoms with van der Waals surface area (Å²) >= 11 is 0. The minimum Gasteiger partial charge on any atom is -0.469 e. The Labute approximate surface area is 178 Å². The van der Waals surface area contributed by atoms with Crippen LogP contribution >= 0.6 is 0 Å². The zero-order chi connectivity index (χ0) is 22.1. The van der Waals surface area contributed by atoms with Crippen LogP contribution in [0.3, 0.4) is 0 Å². The van der Waals surface area contributed by atoms with E-state index >= 15 is 0 Å². The molecule has 2 amide bonds. The van der Waals surface area contributed by atoms with E-state index in [1.807, 2.05) is 12.1 Å². The molecule has 0 radical (unpaired) electrons. The highest BCUT2D eigenvalue weighted by atomic mass is 16.6. The number of carbonyl (C=O) groups excluding carboxylic acids is 3. The number of esters is 1. The number of hydrogen-bond acceptors (Lipinski definition) is 5. The first-order valence-electron chi connectivity index (χ1n) is 10.6. The van der Waals surface area contributed by atoms with Gasteiger partial charge in [0.15, 0.2) is 0 Å². The minimum absolute atomic E-state index is 0.125. The zero-order valence-electron chi connectivity index (χ0n) is 18.5. The van der Waals surface area contributed by atoms with Crippen LogP contribution in [0.1, 0.15) is 70.8 Å². The van der Waals surface area contributed by atoms with Crippen molar-refractivity contribution in [3.63, 3.8) is 0 Å². The number of nitrogens with one attached hydrogen (secondary N) is 2. The lowest BCUT2D eigenvalue weighted by molar-refractivity contribution is -0.142. The maximum atomic E-state index is 12.1. The van der Waals surface area contributed by atoms with Crippen molar-refractivity contribution in [1.82, 2.24) is 5.32 Å². The van der Waals surface area contributed by atoms with Crippen LogP contribution in [0.4, 0.5) is 10.5 Å². The summed E-state index contributed by atoms with van der Waals surface area (Å²) < 4.78 is 9.90. The largest absolute Gasteiger partial charge is 0.469 e. The number of benzene rings is 1. The third-order valence-electron chi connectivity index (χ3n) is 5.22. The van der Waals surface area contributed by atoms with Crippen LogP contribution < -0.4 is 10.6 Å². The van der Waals surface area contributed by atoms with Gasteiger partial charge in [-0.2, -0.15) is 0 Å². The normalized spacial score (nSPS) is 18.9. The highest BCUT2D eigenvalue weighted by Crippen LogP contribution is 2.37. The monoisotopic (exact) mass is 418 g/mol. The highest BCUT2D eigenvalue weighted by Gasteiger charge is 2.24. The second-order valence-electron chi connectivity index (χ2n) is 8.85. The molecule has 0 bridgehead atoms. The van der Waals surface area contributed by atoms with Crippen LogP contribution in [-0.4, -0.2) is 37.2 Å². The van der Waals surface area contributed by atoms with Crippen LogP contribution in [0.25, 0.3) is 0 Å². The third-order valence-corrected chi connectivity index (χ3v) is 5.22. The molecule has 1 fully saturated rings. The number of amides is 2. The van der Waals surface area contributed by atoms with E-state index in [0.29, 0.717) is 18.3 Å². The van der Waals surface area contributed by atoms with Gasteiger partial charge >= 0.3 is 12.1 Å². The van der Waals surface area contributed by atoms with Crippen molar-refractivity contribution in [2.45, 2.75) is 70.8 Å². The molecule has 1 aromatic carbocycles. The van der Waals surface area contributed by atoms with Crippen molar-refractivity contribution in [3.05, 3.63) is 29.8 Å². The number of alkyl carbamates (subject to hydrolysis) is 1. The van der Waals surface area contributed by atoms with Gasteiger partial charge in [0.2, 0.25) is 5.91 Å². The Morgan fingerprint density at radius 1 is 1.03 bits per heavy atom. The van der Waals surface area contributed by atoms with E-state index in [2.05, 4.69) is 22.8 Å². The minimum atomic E-state index is -0.561. The maximum Gasteiger partial charge on any atom is 0.407 e. The van der Waals surface area contributed by atoms with Crippen LogP contribution in [0.15, 0.2) is 24.3 Å². The van der Waals surface area contributed by atoms with E-state index < -0.39 is 11.7 Å². The highest BCUT2D eigenvalue weighted by molar-refractivity contribution is 5.91. The fourth-order valence-electron chi connectivity index (χ4n) is 3.67. The standard InChI is InChI=1S/C23H34N2O5/c1-23(2,3)30-22(28)24-14-13-20(26)25-19-11-9-18(10-12-19)17-7-5-16(6-8-17)15-21(27)29-4/h9-12,16-17H,5-8,13-15H2,1-4H3,(H,24,28)(H,25,26). The molecule has 2 N–H and O–H groups in total. The number of rotatable bonds is 7.